The van der Waals surface area contributed by atoms with Crippen LogP contribution in [0.5, 0.6) is 0 Å². The van der Waals surface area contributed by atoms with Crippen molar-refractivity contribution in [2.24, 2.45) is 0 Å². The van der Waals surface area contributed by atoms with Crippen LogP contribution in [0, 0.1) is 0 Å². The number of nitrogens with one attached hydrogen (secondary N) is 2. The fourth-order valence-electron chi connectivity index (χ4n) is 4.32. The van der Waals surface area contributed by atoms with Gasteiger partial charge in [-0.05, 0) is 58.0 Å². The second-order valence-corrected chi connectivity index (χ2v) is 10.9. The molecule has 0 radical (unpaired) electrons. The largest absolute Gasteiger partial charge is 0.354 e. The predicted molar refractivity (Wildman–Crippen MR) is 162 cm³/mol. The molecule has 1 aliphatic heterocycles. The lowest BCUT2D eigenvalue weighted by Crippen LogP contribution is -2.50. The lowest BCUT2D eigenvalue weighted by molar-refractivity contribution is 0.0952. The molecule has 3 aromatic rings. The van der Waals surface area contributed by atoms with Crippen molar-refractivity contribution in [2.45, 2.75) is 38.3 Å². The van der Waals surface area contributed by atoms with Crippen molar-refractivity contribution in [1.29, 1.82) is 0 Å². The van der Waals surface area contributed by atoms with Gasteiger partial charge in [0, 0.05) is 53.9 Å². The molecule has 0 bridgehead atoms. The Bertz CT molecular complexity index is 1190. The van der Waals surface area contributed by atoms with E-state index in [-0.39, 0.29) is 43.1 Å². The first-order valence-electron chi connectivity index (χ1n) is 12.0. The van der Waals surface area contributed by atoms with E-state index in [4.69, 9.17) is 16.6 Å². The molecule has 2 aromatic heterocycles. The van der Waals surface area contributed by atoms with Gasteiger partial charge in [-0.1, -0.05) is 17.7 Å². The van der Waals surface area contributed by atoms with Gasteiger partial charge >= 0.3 is 0 Å². The Morgan fingerprint density at radius 2 is 2.00 bits per heavy atom. The third-order valence-electron chi connectivity index (χ3n) is 6.67. The van der Waals surface area contributed by atoms with Gasteiger partial charge in [-0.2, -0.15) is 0 Å². The molecular weight excluding hydrogens is 574 g/mol. The number of nitrogens with zero attached hydrogens (tertiary/aromatic N) is 4. The van der Waals surface area contributed by atoms with Crippen molar-refractivity contribution in [1.82, 2.24) is 25.1 Å². The first-order chi connectivity index (χ1) is 16.5. The van der Waals surface area contributed by atoms with Crippen molar-refractivity contribution in [3.63, 3.8) is 0 Å². The highest BCUT2D eigenvalue weighted by Crippen LogP contribution is 2.37. The van der Waals surface area contributed by atoms with Crippen molar-refractivity contribution in [3.8, 4) is 10.6 Å². The fourth-order valence-corrected chi connectivity index (χ4v) is 5.66. The average molecular weight is 608 g/mol. The maximum Gasteiger partial charge on any atom is 0.252 e. The van der Waals surface area contributed by atoms with Crippen LogP contribution in [0.4, 0.5) is 5.95 Å². The number of amides is 1. The van der Waals surface area contributed by atoms with Gasteiger partial charge in [-0.3, -0.25) is 4.79 Å². The van der Waals surface area contributed by atoms with E-state index in [2.05, 4.69) is 39.4 Å². The third kappa shape index (κ3) is 7.82. The lowest BCUT2D eigenvalue weighted by Gasteiger charge is -2.37. The highest BCUT2D eigenvalue weighted by molar-refractivity contribution is 7.22. The lowest BCUT2D eigenvalue weighted by atomic mass is 10.1. The Balaban J connectivity index is 0.00000160. The summed E-state index contributed by atoms with van der Waals surface area (Å²) in [5.41, 5.74) is 1.40. The monoisotopic (exact) mass is 606 g/mol. The van der Waals surface area contributed by atoms with Gasteiger partial charge in [-0.15, -0.1) is 48.6 Å². The number of carbonyl (C=O) groups excluding carboxylic acids is 1. The molecule has 1 saturated heterocycles. The maximum atomic E-state index is 12.7. The van der Waals surface area contributed by atoms with Crippen molar-refractivity contribution >= 4 is 82.1 Å². The summed E-state index contributed by atoms with van der Waals surface area (Å²) < 4.78 is 1.05. The highest BCUT2D eigenvalue weighted by Gasteiger charge is 2.25. The predicted octanol–water partition coefficient (Wildman–Crippen LogP) is 5.61. The quantitative estimate of drug-likeness (QED) is 0.324. The average Bonchev–Trinajstić information content (AvgIpc) is 3.53. The first kappa shape index (κ1) is 31.8. The summed E-state index contributed by atoms with van der Waals surface area (Å²) in [6.45, 7) is 7.51. The maximum absolute atomic E-state index is 12.7. The van der Waals surface area contributed by atoms with Crippen molar-refractivity contribution < 1.29 is 4.79 Å². The summed E-state index contributed by atoms with van der Waals surface area (Å²) in [4.78, 5) is 27.7. The Kier molecular flexibility index (Phi) is 12.1. The molecule has 12 heteroatoms. The highest BCUT2D eigenvalue weighted by atomic mass is 35.5. The second-order valence-electron chi connectivity index (χ2n) is 9.38. The van der Waals surface area contributed by atoms with Crippen LogP contribution in [0.2, 0.25) is 5.02 Å². The zero-order valence-electron chi connectivity index (χ0n) is 20.9. The zero-order valence-corrected chi connectivity index (χ0v) is 24.9. The van der Waals surface area contributed by atoms with Gasteiger partial charge in [0.1, 0.15) is 5.69 Å². The van der Waals surface area contributed by atoms with E-state index >= 15 is 0 Å². The molecule has 1 aromatic carbocycles. The van der Waals surface area contributed by atoms with E-state index in [1.54, 1.807) is 17.5 Å². The fraction of sp³-hybridized carbons (Fsp3) is 0.480. The Labute approximate surface area is 246 Å². The van der Waals surface area contributed by atoms with Crippen molar-refractivity contribution in [2.75, 3.05) is 45.1 Å². The minimum absolute atomic E-state index is 0. The molecular formula is C25H34Cl4N6OS. The molecule has 1 saturated carbocycles. The number of thiophene rings is 1. The Hall–Kier alpha value is -1.39. The van der Waals surface area contributed by atoms with Crippen LogP contribution in [0.3, 0.4) is 0 Å². The molecule has 0 spiro atoms. The molecule has 1 atom stereocenters. The molecule has 37 heavy (non-hydrogen) atoms. The molecule has 3 heterocycles. The van der Waals surface area contributed by atoms with E-state index < -0.39 is 0 Å². The van der Waals surface area contributed by atoms with E-state index in [0.717, 1.165) is 66.9 Å². The van der Waals surface area contributed by atoms with Crippen LogP contribution in [-0.4, -0.2) is 77.5 Å². The molecule has 0 unspecified atom stereocenters. The van der Waals surface area contributed by atoms with Gasteiger partial charge in [0.2, 0.25) is 5.95 Å². The molecule has 7 nitrogen and oxygen atoms in total. The standard InChI is InChI=1S/C25H31ClN6OS.3ClH/c1-16-15-32(12-11-31(16)2)10-4-9-27-25-28-14-20(26)23(30-25)22-13-19-18(5-3-6-21(19)34-22)24(33)29-17-7-8-17;;;/h3,5-6,13-14,16-17H,4,7-12,15H2,1-2H3,(H,29,33)(H,27,28,30);3*1H/t16-;;;/m0.../s1. The summed E-state index contributed by atoms with van der Waals surface area (Å²) in [5.74, 6) is 0.568. The number of hydrogen-bond donors (Lipinski definition) is 2. The molecule has 204 valence electrons. The van der Waals surface area contributed by atoms with Crippen LogP contribution in [-0.2, 0) is 0 Å². The minimum atomic E-state index is -0.0108. The molecule has 1 aliphatic carbocycles. The van der Waals surface area contributed by atoms with E-state index in [1.165, 1.54) is 0 Å². The Morgan fingerprint density at radius 1 is 1.22 bits per heavy atom. The normalized spacial score (nSPS) is 17.9. The van der Waals surface area contributed by atoms with E-state index in [9.17, 15) is 4.79 Å². The van der Waals surface area contributed by atoms with Crippen molar-refractivity contribution in [3.05, 3.63) is 41.0 Å². The number of fused-ring (bicyclic) bond motifs is 1. The molecule has 1 amide bonds. The second kappa shape index (κ2) is 14.1. The SMILES string of the molecule is C[C@H]1CN(CCCNc2ncc(Cl)c(-c3cc4c(C(=O)NC5CC5)cccc4s3)n2)CCN1C.Cl.Cl.Cl. The van der Waals surface area contributed by atoms with Gasteiger partial charge < -0.3 is 20.4 Å². The van der Waals surface area contributed by atoms with E-state index in [1.807, 2.05) is 24.3 Å². The summed E-state index contributed by atoms with van der Waals surface area (Å²) >= 11 is 8.08. The molecule has 2 aliphatic rings. The van der Waals surface area contributed by atoms with E-state index in [0.29, 0.717) is 34.3 Å². The van der Waals surface area contributed by atoms with Crippen LogP contribution in [0.15, 0.2) is 30.5 Å². The number of benzene rings is 1. The number of rotatable bonds is 8. The van der Waals surface area contributed by atoms with Gasteiger partial charge in [0.05, 0.1) is 16.1 Å². The van der Waals surface area contributed by atoms with Crippen LogP contribution in [0.25, 0.3) is 20.7 Å². The Morgan fingerprint density at radius 3 is 2.73 bits per heavy atom. The summed E-state index contributed by atoms with van der Waals surface area (Å²) in [5, 5.41) is 7.89. The van der Waals surface area contributed by atoms with Gasteiger partial charge in [0.15, 0.2) is 0 Å². The number of halogens is 4. The number of carbonyl (C=O) groups is 1. The number of aromatic nitrogens is 2. The summed E-state index contributed by atoms with van der Waals surface area (Å²) in [6, 6.07) is 8.79. The molecule has 2 N–H and O–H groups in total. The first-order valence-corrected chi connectivity index (χ1v) is 13.2. The molecule has 5 rings (SSSR count). The zero-order chi connectivity index (χ0) is 23.7. The van der Waals surface area contributed by atoms with Crippen LogP contribution < -0.4 is 10.6 Å². The number of hydrogen-bond acceptors (Lipinski definition) is 7. The van der Waals surface area contributed by atoms with Gasteiger partial charge in [0.25, 0.3) is 5.91 Å². The third-order valence-corrected chi connectivity index (χ3v) is 8.06. The number of piperazine rings is 1. The minimum Gasteiger partial charge on any atom is -0.354 e. The summed E-state index contributed by atoms with van der Waals surface area (Å²) in [7, 11) is 2.19. The topological polar surface area (TPSA) is 73.4 Å². The van der Waals surface area contributed by atoms with Crippen LogP contribution >= 0.6 is 60.2 Å². The number of likely N-dealkylation sites (N-methyl/N-ethyl adjacent to an activating group) is 1. The van der Waals surface area contributed by atoms with Gasteiger partial charge in [-0.25, -0.2) is 9.97 Å². The number of anilines is 1. The smallest absolute Gasteiger partial charge is 0.252 e. The summed E-state index contributed by atoms with van der Waals surface area (Å²) in [6.07, 6.45) is 4.81. The molecule has 2 fully saturated rings. The van der Waals surface area contributed by atoms with Crippen LogP contribution in [0.1, 0.15) is 36.5 Å².